The van der Waals surface area contributed by atoms with Crippen LogP contribution in [-0.4, -0.2) is 4.92 Å². The van der Waals surface area contributed by atoms with E-state index in [0.717, 1.165) is 0 Å². The van der Waals surface area contributed by atoms with Gasteiger partial charge in [0.1, 0.15) is 0 Å². The first-order valence-corrected chi connectivity index (χ1v) is 18.1. The summed E-state index contributed by atoms with van der Waals surface area (Å²) in [6.07, 6.45) is 0. The van der Waals surface area contributed by atoms with Crippen LogP contribution in [0.1, 0.15) is 11.1 Å². The van der Waals surface area contributed by atoms with Crippen molar-refractivity contribution in [1.29, 1.82) is 0 Å². The van der Waals surface area contributed by atoms with Crippen LogP contribution in [0.5, 0.6) is 0 Å². The van der Waals surface area contributed by atoms with Gasteiger partial charge >= 0.3 is 0 Å². The maximum absolute atomic E-state index is 16.0. The average molecular weight is 638 g/mol. The Balaban J connectivity index is 1.89. The molecule has 0 N–H and O–H groups in total. The van der Waals surface area contributed by atoms with Crippen LogP contribution in [0.15, 0.2) is 182 Å². The summed E-state index contributed by atoms with van der Waals surface area (Å²) >= 11 is 0. The number of nitro benzene ring substituents is 1. The number of rotatable bonds is 9. The molecule has 0 aliphatic carbocycles. The molecule has 0 saturated carbocycles. The normalized spacial score (nSPS) is 11.3. The fraction of sp³-hybridized carbons (Fsp3) is 0. The van der Waals surface area contributed by atoms with E-state index in [1.165, 1.54) is 6.07 Å². The third kappa shape index (κ3) is 5.76. The van der Waals surface area contributed by atoms with E-state index >= 15 is 9.13 Å². The van der Waals surface area contributed by atoms with Crippen molar-refractivity contribution < 1.29 is 14.1 Å². The molecule has 0 aliphatic heterocycles. The Morgan fingerprint density at radius 2 is 0.783 bits per heavy atom. The molecule has 6 aromatic rings. The van der Waals surface area contributed by atoms with E-state index in [9.17, 15) is 10.1 Å². The lowest BCUT2D eigenvalue weighted by molar-refractivity contribution is -0.385. The summed E-state index contributed by atoms with van der Waals surface area (Å²) in [5, 5.41) is 15.0. The van der Waals surface area contributed by atoms with Gasteiger partial charge in [-0.05, 0) is 11.6 Å². The summed E-state index contributed by atoms with van der Waals surface area (Å²) < 4.78 is 32.0. The summed E-state index contributed by atoms with van der Waals surface area (Å²) in [6.45, 7) is 0. The van der Waals surface area contributed by atoms with Crippen LogP contribution in [0.25, 0.3) is 10.6 Å². The predicted molar refractivity (Wildman–Crippen MR) is 189 cm³/mol. The SMILES string of the molecule is O=[N+]([O-])c1ccccc1C(=C=C(c1ccccc1)P(=O)(c1ccccc1)c1ccccc1)P(=O)(c1ccccc1)c1ccccc1. The molecule has 7 heteroatoms. The molecule has 0 saturated heterocycles. The second-order valence-corrected chi connectivity index (χ2v) is 15.9. The monoisotopic (exact) mass is 637 g/mol. The molecule has 224 valence electrons. The van der Waals surface area contributed by atoms with E-state index in [0.29, 0.717) is 32.1 Å². The van der Waals surface area contributed by atoms with Gasteiger partial charge in [0.25, 0.3) is 5.69 Å². The van der Waals surface area contributed by atoms with Gasteiger partial charge in [-0.15, -0.1) is 0 Å². The average Bonchev–Trinajstić information content (AvgIpc) is 3.13. The van der Waals surface area contributed by atoms with Gasteiger partial charge in [0.15, 0.2) is 14.3 Å². The van der Waals surface area contributed by atoms with Gasteiger partial charge in [0, 0.05) is 27.3 Å². The second kappa shape index (κ2) is 13.4. The zero-order chi connectivity index (χ0) is 32.0. The topological polar surface area (TPSA) is 77.3 Å². The molecule has 6 aromatic carbocycles. The lowest BCUT2D eigenvalue weighted by Gasteiger charge is -2.24. The molecule has 0 spiro atoms. The minimum Gasteiger partial charge on any atom is -0.308 e. The summed E-state index contributed by atoms with van der Waals surface area (Å²) in [6, 6.07) is 51.7. The fourth-order valence-corrected chi connectivity index (χ4v) is 11.2. The summed E-state index contributed by atoms with van der Waals surface area (Å²) in [5.41, 5.74) is 3.98. The molecule has 6 rings (SSSR count). The van der Waals surface area contributed by atoms with E-state index in [2.05, 4.69) is 5.73 Å². The molecule has 0 radical (unpaired) electrons. The van der Waals surface area contributed by atoms with E-state index in [1.54, 1.807) is 66.7 Å². The van der Waals surface area contributed by atoms with Crippen molar-refractivity contribution in [3.05, 3.63) is 203 Å². The Morgan fingerprint density at radius 1 is 0.457 bits per heavy atom. The smallest absolute Gasteiger partial charge is 0.277 e. The van der Waals surface area contributed by atoms with Crippen LogP contribution < -0.4 is 21.2 Å². The zero-order valence-corrected chi connectivity index (χ0v) is 26.5. The number of benzene rings is 6. The lowest BCUT2D eigenvalue weighted by Crippen LogP contribution is -2.18. The fourth-order valence-electron chi connectivity index (χ4n) is 5.56. The van der Waals surface area contributed by atoms with Crippen molar-refractivity contribution in [1.82, 2.24) is 0 Å². The van der Waals surface area contributed by atoms with E-state index in [-0.39, 0.29) is 16.6 Å². The van der Waals surface area contributed by atoms with Gasteiger partial charge in [0.05, 0.1) is 21.1 Å². The number of nitro groups is 1. The van der Waals surface area contributed by atoms with Crippen molar-refractivity contribution in [2.24, 2.45) is 0 Å². The summed E-state index contributed by atoms with van der Waals surface area (Å²) in [4.78, 5) is 12.1. The minimum absolute atomic E-state index is 0.100. The molecule has 0 aromatic heterocycles. The Labute approximate surface area is 268 Å². The van der Waals surface area contributed by atoms with Crippen LogP contribution in [0, 0.1) is 10.1 Å². The molecule has 46 heavy (non-hydrogen) atoms. The van der Waals surface area contributed by atoms with Gasteiger partial charge in [-0.25, -0.2) is 0 Å². The van der Waals surface area contributed by atoms with Crippen LogP contribution in [-0.2, 0) is 9.13 Å². The van der Waals surface area contributed by atoms with Gasteiger partial charge in [0.2, 0.25) is 0 Å². The Morgan fingerprint density at radius 3 is 1.17 bits per heavy atom. The van der Waals surface area contributed by atoms with Gasteiger partial charge in [-0.2, -0.15) is 0 Å². The maximum atomic E-state index is 16.0. The van der Waals surface area contributed by atoms with Crippen molar-refractivity contribution in [2.75, 3.05) is 0 Å². The van der Waals surface area contributed by atoms with Crippen molar-refractivity contribution in [3.8, 4) is 0 Å². The molecule has 0 bridgehead atoms. The van der Waals surface area contributed by atoms with Crippen molar-refractivity contribution in [3.63, 3.8) is 0 Å². The highest BCUT2D eigenvalue weighted by Gasteiger charge is 2.39. The third-order valence-corrected chi connectivity index (χ3v) is 13.8. The first-order chi connectivity index (χ1) is 22.4. The van der Waals surface area contributed by atoms with Gasteiger partial charge in [-0.1, -0.05) is 170 Å². The number of para-hydroxylation sites is 1. The highest BCUT2D eigenvalue weighted by atomic mass is 31.2. The highest BCUT2D eigenvalue weighted by Crippen LogP contribution is 2.61. The Hall–Kier alpha value is -5.30. The molecule has 0 amide bonds. The Kier molecular flexibility index (Phi) is 8.92. The first kappa shape index (κ1) is 30.7. The predicted octanol–water partition coefficient (Wildman–Crippen LogP) is 8.60. The molecule has 0 fully saturated rings. The number of hydrogen-bond donors (Lipinski definition) is 0. The van der Waals surface area contributed by atoms with E-state index in [1.807, 2.05) is 103 Å². The molecule has 0 atom stereocenters. The van der Waals surface area contributed by atoms with Crippen LogP contribution in [0.2, 0.25) is 0 Å². The minimum atomic E-state index is -3.89. The molecule has 0 heterocycles. The molecule has 0 unspecified atom stereocenters. The van der Waals surface area contributed by atoms with E-state index < -0.39 is 19.2 Å². The van der Waals surface area contributed by atoms with Crippen LogP contribution in [0.3, 0.4) is 0 Å². The second-order valence-electron chi connectivity index (χ2n) is 10.5. The van der Waals surface area contributed by atoms with Crippen molar-refractivity contribution in [2.45, 2.75) is 0 Å². The summed E-state index contributed by atoms with van der Waals surface area (Å²) in [7, 11) is -7.62. The summed E-state index contributed by atoms with van der Waals surface area (Å²) in [5.74, 6) is 0. The zero-order valence-electron chi connectivity index (χ0n) is 24.7. The maximum Gasteiger partial charge on any atom is 0.277 e. The third-order valence-electron chi connectivity index (χ3n) is 7.75. The standard InChI is InChI=1S/C39H29NO4P2/c41-40(42)37-29-17-16-28-36(37)39(46(44,34-24-12-4-13-25-34)35-26-14-5-15-27-35)30-38(31-18-6-1-7-19-31)45(43,32-20-8-2-9-21-32)33-22-10-3-11-23-33/h1-29H. The Bertz CT molecular complexity index is 2060. The van der Waals surface area contributed by atoms with Gasteiger partial charge in [-0.3, -0.25) is 10.1 Å². The lowest BCUT2D eigenvalue weighted by atomic mass is 10.1. The van der Waals surface area contributed by atoms with E-state index in [4.69, 9.17) is 0 Å². The van der Waals surface area contributed by atoms with Crippen LogP contribution in [0.4, 0.5) is 5.69 Å². The van der Waals surface area contributed by atoms with Crippen LogP contribution >= 0.6 is 14.3 Å². The quantitative estimate of drug-likeness (QED) is 0.0689. The highest BCUT2D eigenvalue weighted by molar-refractivity contribution is 7.88. The molecular formula is C39H29NO4P2. The van der Waals surface area contributed by atoms with Crippen molar-refractivity contribution >= 4 is 51.8 Å². The molecule has 5 nitrogen and oxygen atoms in total. The molecular weight excluding hydrogens is 608 g/mol. The largest absolute Gasteiger partial charge is 0.308 e. The van der Waals surface area contributed by atoms with Gasteiger partial charge < -0.3 is 9.13 Å². The number of nitrogens with zero attached hydrogens (tertiary/aromatic N) is 1. The number of hydrogen-bond acceptors (Lipinski definition) is 4. The first-order valence-electron chi connectivity index (χ1n) is 14.7. The molecule has 0 aliphatic rings.